The fourth-order valence-corrected chi connectivity index (χ4v) is 5.40. The van der Waals surface area contributed by atoms with Gasteiger partial charge in [-0.1, -0.05) is 104 Å². The fourth-order valence-electron chi connectivity index (χ4n) is 5.40. The topological polar surface area (TPSA) is 50.2 Å². The van der Waals surface area contributed by atoms with E-state index in [1.807, 2.05) is 128 Å². The Bertz CT molecular complexity index is 2250. The van der Waals surface area contributed by atoms with Crippen LogP contribution >= 0.6 is 0 Å². The Morgan fingerprint density at radius 2 is 1.30 bits per heavy atom. The van der Waals surface area contributed by atoms with Gasteiger partial charge in [0.25, 0.3) is 0 Å². The van der Waals surface area contributed by atoms with Gasteiger partial charge < -0.3 is 9.41 Å². The second-order valence-corrected chi connectivity index (χ2v) is 10.8. The molecule has 0 aliphatic carbocycles. The van der Waals surface area contributed by atoms with Crippen molar-refractivity contribution in [3.05, 3.63) is 180 Å². The summed E-state index contributed by atoms with van der Waals surface area (Å²) < 4.78 is 6.65. The molecule has 0 aliphatic rings. The quantitative estimate of drug-likeness (QED) is 0.0897. The molecule has 0 atom stereocenters. The van der Waals surface area contributed by atoms with Gasteiger partial charge in [0.2, 0.25) is 0 Å². The van der Waals surface area contributed by atoms with E-state index in [0.717, 1.165) is 61.0 Å². The van der Waals surface area contributed by atoms with E-state index in [1.165, 1.54) is 0 Å². The Morgan fingerprint density at radius 3 is 1.98 bits per heavy atom. The Kier molecular flexibility index (Phi) is 9.88. The van der Waals surface area contributed by atoms with Gasteiger partial charge in [0.05, 0.1) is 5.70 Å². The summed E-state index contributed by atoms with van der Waals surface area (Å²) in [6, 6.07) is 51.4. The number of amidine groups is 1. The second kappa shape index (κ2) is 14.6. The predicted octanol–water partition coefficient (Wildman–Crippen LogP) is 10.6. The summed E-state index contributed by atoms with van der Waals surface area (Å²) in [6.45, 7) is 6.38. The molecular formula is C42H29N3OU. The summed E-state index contributed by atoms with van der Waals surface area (Å²) in [5.41, 5.74) is 9.31. The molecule has 0 aliphatic heterocycles. The molecule has 1 heterocycles. The zero-order valence-corrected chi connectivity index (χ0v) is 30.0. The van der Waals surface area contributed by atoms with Crippen molar-refractivity contribution in [3.8, 4) is 11.1 Å². The van der Waals surface area contributed by atoms with Crippen molar-refractivity contribution in [3.63, 3.8) is 0 Å². The average molecular weight is 830 g/mol. The first-order chi connectivity index (χ1) is 22.6. The number of furan rings is 1. The molecule has 7 rings (SSSR count). The van der Waals surface area contributed by atoms with Gasteiger partial charge in [0.15, 0.2) is 5.84 Å². The number of rotatable bonds is 7. The van der Waals surface area contributed by atoms with Gasteiger partial charge in [-0.05, 0) is 30.3 Å². The van der Waals surface area contributed by atoms with Crippen molar-refractivity contribution in [2.75, 3.05) is 0 Å². The molecule has 0 saturated heterocycles. The number of benzene rings is 6. The number of para-hydroxylation sites is 2. The third kappa shape index (κ3) is 7.03. The zero-order chi connectivity index (χ0) is 31.3. The molecular weight excluding hydrogens is 801 g/mol. The summed E-state index contributed by atoms with van der Waals surface area (Å²) in [5, 5.41) is 2.02. The SMILES string of the molecule is C=C(N=C(N=C(C)c1ccccc1)c1ccccc1)c1cccc2c1oc1c(-c3c[c-]c(N=[C-]c4ccccc4)cc3)cccc12.[U+2]. The third-order valence-corrected chi connectivity index (χ3v) is 7.76. The number of hydrogen-bond acceptors (Lipinski definition) is 3. The Hall–Kier alpha value is -5.08. The number of hydrogen-bond donors (Lipinski definition) is 0. The average Bonchev–Trinajstić information content (AvgIpc) is 3.51. The van der Waals surface area contributed by atoms with Gasteiger partial charge in [-0.25, -0.2) is 16.1 Å². The fraction of sp³-hybridized carbons (Fsp3) is 0.0238. The molecule has 222 valence electrons. The van der Waals surface area contributed by atoms with Crippen LogP contribution in [0, 0.1) is 37.2 Å². The Morgan fingerprint density at radius 1 is 0.660 bits per heavy atom. The minimum atomic E-state index is 0. The van der Waals surface area contributed by atoms with Crippen LogP contribution < -0.4 is 0 Å². The van der Waals surface area contributed by atoms with Gasteiger partial charge in [0.1, 0.15) is 11.2 Å². The normalized spacial score (nSPS) is 12.0. The molecule has 47 heavy (non-hydrogen) atoms. The van der Waals surface area contributed by atoms with Crippen LogP contribution in [0.2, 0.25) is 0 Å². The van der Waals surface area contributed by atoms with Crippen LogP contribution in [0.1, 0.15) is 29.2 Å². The van der Waals surface area contributed by atoms with Crippen LogP contribution in [-0.4, -0.2) is 17.8 Å². The molecule has 6 aromatic carbocycles. The molecule has 0 spiro atoms. The van der Waals surface area contributed by atoms with Crippen molar-refractivity contribution in [1.82, 2.24) is 0 Å². The largest absolute Gasteiger partial charge is 2.00 e. The van der Waals surface area contributed by atoms with Crippen molar-refractivity contribution >= 4 is 51.1 Å². The summed E-state index contributed by atoms with van der Waals surface area (Å²) in [6.07, 6.45) is 3.08. The molecule has 7 aromatic rings. The molecule has 0 radical (unpaired) electrons. The van der Waals surface area contributed by atoms with Gasteiger partial charge in [-0.15, -0.1) is 41.1 Å². The van der Waals surface area contributed by atoms with Crippen LogP contribution in [0.4, 0.5) is 5.69 Å². The summed E-state index contributed by atoms with van der Waals surface area (Å²) in [5.74, 6) is 0.587. The second-order valence-electron chi connectivity index (χ2n) is 10.8. The summed E-state index contributed by atoms with van der Waals surface area (Å²) in [7, 11) is 0. The van der Waals surface area contributed by atoms with Gasteiger partial charge in [0, 0.05) is 27.6 Å². The first kappa shape index (κ1) is 31.9. The van der Waals surface area contributed by atoms with Gasteiger partial charge in [-0.3, -0.25) is 0 Å². The van der Waals surface area contributed by atoms with Gasteiger partial charge in [-0.2, -0.15) is 18.2 Å². The van der Waals surface area contributed by atoms with Crippen molar-refractivity contribution in [2.24, 2.45) is 15.0 Å². The van der Waals surface area contributed by atoms with E-state index in [4.69, 9.17) is 14.4 Å². The van der Waals surface area contributed by atoms with Crippen LogP contribution in [-0.2, 0) is 0 Å². The number of aliphatic imine (C=N–C) groups is 3. The van der Waals surface area contributed by atoms with Crippen molar-refractivity contribution < 1.29 is 35.5 Å². The minimum absolute atomic E-state index is 0. The van der Waals surface area contributed by atoms with Crippen LogP contribution in [0.3, 0.4) is 0 Å². The van der Waals surface area contributed by atoms with E-state index in [1.54, 1.807) is 0 Å². The van der Waals surface area contributed by atoms with Crippen molar-refractivity contribution in [2.45, 2.75) is 6.92 Å². The monoisotopic (exact) mass is 829 g/mol. The van der Waals surface area contributed by atoms with Crippen LogP contribution in [0.15, 0.2) is 172 Å². The molecule has 0 unspecified atom stereocenters. The predicted molar refractivity (Wildman–Crippen MR) is 191 cm³/mol. The first-order valence-corrected chi connectivity index (χ1v) is 15.1. The van der Waals surface area contributed by atoms with Gasteiger partial charge >= 0.3 is 31.1 Å². The Balaban J connectivity index is 0.00000386. The van der Waals surface area contributed by atoms with E-state index < -0.39 is 0 Å². The smallest absolute Gasteiger partial charge is 0.456 e. The summed E-state index contributed by atoms with van der Waals surface area (Å²) in [4.78, 5) is 14.4. The van der Waals surface area contributed by atoms with E-state index in [2.05, 4.69) is 48.1 Å². The zero-order valence-electron chi connectivity index (χ0n) is 25.8. The van der Waals surface area contributed by atoms with E-state index in [9.17, 15) is 0 Å². The first-order valence-electron chi connectivity index (χ1n) is 15.1. The standard InChI is InChI=1S/C42H29N3O.U/c1-29(32-16-8-4-9-17-32)44-42(34-18-10-5-11-19-34)45-30(2)36-20-12-22-38-39-23-13-21-37(41(39)46-40(36)38)33-24-26-35(27-25-33)43-28-31-14-6-3-7-15-31;/h3-26H,2H2,1H3;/q-2;+2. The molecule has 0 N–H and O–H groups in total. The number of fused-ring (bicyclic) bond motifs is 3. The molecule has 1 aromatic heterocycles. The van der Waals surface area contributed by atoms with E-state index in [0.29, 0.717) is 17.2 Å². The van der Waals surface area contributed by atoms with Crippen LogP contribution in [0.25, 0.3) is 38.8 Å². The van der Waals surface area contributed by atoms with E-state index >= 15 is 0 Å². The number of nitrogens with zero attached hydrogens (tertiary/aromatic N) is 3. The van der Waals surface area contributed by atoms with Crippen molar-refractivity contribution in [1.29, 1.82) is 0 Å². The molecule has 0 fully saturated rings. The van der Waals surface area contributed by atoms with E-state index in [-0.39, 0.29) is 31.1 Å². The van der Waals surface area contributed by atoms with Crippen LogP contribution in [0.5, 0.6) is 0 Å². The summed E-state index contributed by atoms with van der Waals surface area (Å²) >= 11 is 0. The maximum Gasteiger partial charge on any atom is 2.00 e. The Labute approximate surface area is 298 Å². The molecule has 0 saturated carbocycles. The molecule has 5 heteroatoms. The molecule has 0 bridgehead atoms. The molecule has 0 amide bonds. The maximum absolute atomic E-state index is 6.65. The third-order valence-electron chi connectivity index (χ3n) is 7.76. The molecule has 4 nitrogen and oxygen atoms in total. The minimum Gasteiger partial charge on any atom is -0.456 e. The maximum atomic E-state index is 6.65.